The summed E-state index contributed by atoms with van der Waals surface area (Å²) in [7, 11) is 1.84. The van der Waals surface area contributed by atoms with Gasteiger partial charge in [-0.2, -0.15) is 5.10 Å². The molecule has 2 heterocycles. The third kappa shape index (κ3) is 3.57. The van der Waals surface area contributed by atoms with Crippen molar-refractivity contribution in [3.05, 3.63) is 30.1 Å². The number of aryl methyl sites for hydroxylation is 2. The van der Waals surface area contributed by atoms with Crippen molar-refractivity contribution < 1.29 is 4.79 Å². The third-order valence-corrected chi connectivity index (χ3v) is 2.91. The van der Waals surface area contributed by atoms with Gasteiger partial charge in [0.15, 0.2) is 0 Å². The lowest BCUT2D eigenvalue weighted by atomic mass is 10.3. The summed E-state index contributed by atoms with van der Waals surface area (Å²) in [6, 6.07) is -0.212. The van der Waals surface area contributed by atoms with Crippen molar-refractivity contribution in [3.8, 4) is 0 Å². The van der Waals surface area contributed by atoms with Crippen LogP contribution in [0.2, 0.25) is 0 Å². The summed E-state index contributed by atoms with van der Waals surface area (Å²) < 4.78 is 1.71. The van der Waals surface area contributed by atoms with E-state index in [-0.39, 0.29) is 6.03 Å². The number of rotatable bonds is 5. The Morgan fingerprint density at radius 2 is 2.37 bits per heavy atom. The molecular weight excluding hydrogens is 244 g/mol. The maximum atomic E-state index is 11.7. The van der Waals surface area contributed by atoms with Gasteiger partial charge < -0.3 is 15.6 Å². The summed E-state index contributed by atoms with van der Waals surface area (Å²) in [6.07, 6.45) is 6.81. The summed E-state index contributed by atoms with van der Waals surface area (Å²) in [5, 5.41) is 9.63. The molecule has 0 atom stereocenters. The van der Waals surface area contributed by atoms with Gasteiger partial charge in [0.05, 0.1) is 17.6 Å². The number of anilines is 1. The Balaban J connectivity index is 1.69. The summed E-state index contributed by atoms with van der Waals surface area (Å²) in [4.78, 5) is 18.8. The standard InChI is InChI=1S/C12H18N6O/c1-9-10(8-16-18(9)2)17-12(19)15-5-3-4-11-13-6-7-14-11/h6-8H,3-5H2,1-2H3,(H,13,14)(H2,15,17,19). The first kappa shape index (κ1) is 13.1. The van der Waals surface area contributed by atoms with Crippen molar-refractivity contribution in [2.24, 2.45) is 7.05 Å². The van der Waals surface area contributed by atoms with Gasteiger partial charge in [0, 0.05) is 32.4 Å². The molecule has 0 radical (unpaired) electrons. The highest BCUT2D eigenvalue weighted by atomic mass is 16.2. The van der Waals surface area contributed by atoms with Crippen LogP contribution in [0.5, 0.6) is 0 Å². The molecule has 102 valence electrons. The summed E-state index contributed by atoms with van der Waals surface area (Å²) in [5.41, 5.74) is 1.65. The number of hydrogen-bond donors (Lipinski definition) is 3. The molecule has 2 aromatic heterocycles. The summed E-state index contributed by atoms with van der Waals surface area (Å²) in [6.45, 7) is 2.51. The molecule has 0 fully saturated rings. The third-order valence-electron chi connectivity index (χ3n) is 2.91. The molecule has 0 saturated carbocycles. The Labute approximate surface area is 111 Å². The van der Waals surface area contributed by atoms with Crippen LogP contribution in [0.3, 0.4) is 0 Å². The normalized spacial score (nSPS) is 10.4. The van der Waals surface area contributed by atoms with Crippen molar-refractivity contribution in [2.75, 3.05) is 11.9 Å². The first-order valence-corrected chi connectivity index (χ1v) is 6.18. The average molecular weight is 262 g/mol. The second-order valence-corrected chi connectivity index (χ2v) is 4.29. The smallest absolute Gasteiger partial charge is 0.319 e. The molecule has 0 saturated heterocycles. The second kappa shape index (κ2) is 6.03. The number of hydrogen-bond acceptors (Lipinski definition) is 3. The fourth-order valence-corrected chi connectivity index (χ4v) is 1.68. The number of urea groups is 1. The van der Waals surface area contributed by atoms with E-state index in [1.807, 2.05) is 14.0 Å². The van der Waals surface area contributed by atoms with Gasteiger partial charge >= 0.3 is 6.03 Å². The summed E-state index contributed by atoms with van der Waals surface area (Å²) >= 11 is 0. The van der Waals surface area contributed by atoms with Crippen LogP contribution in [-0.2, 0) is 13.5 Å². The zero-order valence-electron chi connectivity index (χ0n) is 11.1. The van der Waals surface area contributed by atoms with E-state index in [9.17, 15) is 4.79 Å². The molecule has 0 unspecified atom stereocenters. The predicted molar refractivity (Wildman–Crippen MR) is 71.9 cm³/mol. The van der Waals surface area contributed by atoms with E-state index in [1.165, 1.54) is 0 Å². The molecule has 0 aliphatic heterocycles. The Bertz CT molecular complexity index is 530. The van der Waals surface area contributed by atoms with Crippen molar-refractivity contribution >= 4 is 11.7 Å². The lowest BCUT2D eigenvalue weighted by molar-refractivity contribution is 0.252. The molecule has 0 aliphatic carbocycles. The van der Waals surface area contributed by atoms with Crippen LogP contribution in [0.25, 0.3) is 0 Å². The average Bonchev–Trinajstić information content (AvgIpc) is 3.00. The zero-order valence-corrected chi connectivity index (χ0v) is 11.1. The number of aromatic nitrogens is 4. The molecule has 0 bridgehead atoms. The topological polar surface area (TPSA) is 87.6 Å². The van der Waals surface area contributed by atoms with Crippen LogP contribution < -0.4 is 10.6 Å². The fourth-order valence-electron chi connectivity index (χ4n) is 1.68. The van der Waals surface area contributed by atoms with E-state index in [4.69, 9.17) is 0 Å². The first-order valence-electron chi connectivity index (χ1n) is 6.18. The van der Waals surface area contributed by atoms with E-state index >= 15 is 0 Å². The highest BCUT2D eigenvalue weighted by Crippen LogP contribution is 2.11. The SMILES string of the molecule is Cc1c(NC(=O)NCCCc2ncc[nH]2)cnn1C. The van der Waals surface area contributed by atoms with Crippen molar-refractivity contribution in [2.45, 2.75) is 19.8 Å². The van der Waals surface area contributed by atoms with Gasteiger partial charge in [-0.3, -0.25) is 4.68 Å². The van der Waals surface area contributed by atoms with Crippen LogP contribution >= 0.6 is 0 Å². The molecule has 7 heteroatoms. The first-order chi connectivity index (χ1) is 9.16. The molecule has 0 aromatic carbocycles. The number of amides is 2. The maximum Gasteiger partial charge on any atom is 0.319 e. The van der Waals surface area contributed by atoms with Gasteiger partial charge in [-0.15, -0.1) is 0 Å². The van der Waals surface area contributed by atoms with Gasteiger partial charge in [0.25, 0.3) is 0 Å². The Hall–Kier alpha value is -2.31. The highest BCUT2D eigenvalue weighted by Gasteiger charge is 2.07. The van der Waals surface area contributed by atoms with Crippen LogP contribution in [0.4, 0.5) is 10.5 Å². The predicted octanol–water partition coefficient (Wildman–Crippen LogP) is 1.21. The molecular formula is C12H18N6O. The number of carbonyl (C=O) groups excluding carboxylic acids is 1. The number of imidazole rings is 1. The molecule has 2 amide bonds. The number of H-pyrrole nitrogens is 1. The van der Waals surface area contributed by atoms with E-state index in [1.54, 1.807) is 23.3 Å². The monoisotopic (exact) mass is 262 g/mol. The van der Waals surface area contributed by atoms with Crippen LogP contribution in [0.1, 0.15) is 17.9 Å². The van der Waals surface area contributed by atoms with E-state index in [2.05, 4.69) is 25.7 Å². The van der Waals surface area contributed by atoms with Gasteiger partial charge in [-0.1, -0.05) is 0 Å². The molecule has 0 spiro atoms. The Morgan fingerprint density at radius 1 is 1.53 bits per heavy atom. The number of nitrogens with zero attached hydrogens (tertiary/aromatic N) is 3. The van der Waals surface area contributed by atoms with Gasteiger partial charge in [-0.25, -0.2) is 9.78 Å². The van der Waals surface area contributed by atoms with Crippen molar-refractivity contribution in [1.29, 1.82) is 0 Å². The zero-order chi connectivity index (χ0) is 13.7. The van der Waals surface area contributed by atoms with E-state index in [0.717, 1.165) is 30.0 Å². The van der Waals surface area contributed by atoms with Gasteiger partial charge in [0.1, 0.15) is 5.82 Å². The van der Waals surface area contributed by atoms with Gasteiger partial charge in [0.2, 0.25) is 0 Å². The number of carbonyl (C=O) groups is 1. The maximum absolute atomic E-state index is 11.7. The van der Waals surface area contributed by atoms with E-state index in [0.29, 0.717) is 6.54 Å². The largest absolute Gasteiger partial charge is 0.349 e. The Morgan fingerprint density at radius 3 is 3.00 bits per heavy atom. The minimum absolute atomic E-state index is 0.212. The summed E-state index contributed by atoms with van der Waals surface area (Å²) in [5.74, 6) is 0.935. The van der Waals surface area contributed by atoms with Crippen molar-refractivity contribution in [3.63, 3.8) is 0 Å². The number of aromatic amines is 1. The molecule has 7 nitrogen and oxygen atoms in total. The van der Waals surface area contributed by atoms with Crippen molar-refractivity contribution in [1.82, 2.24) is 25.1 Å². The minimum atomic E-state index is -0.212. The highest BCUT2D eigenvalue weighted by molar-refractivity contribution is 5.89. The molecule has 2 aromatic rings. The molecule has 0 aliphatic rings. The number of nitrogens with one attached hydrogen (secondary N) is 3. The van der Waals surface area contributed by atoms with Crippen LogP contribution in [0.15, 0.2) is 18.6 Å². The van der Waals surface area contributed by atoms with Crippen LogP contribution in [-0.4, -0.2) is 32.3 Å². The molecule has 19 heavy (non-hydrogen) atoms. The second-order valence-electron chi connectivity index (χ2n) is 4.29. The minimum Gasteiger partial charge on any atom is -0.349 e. The lowest BCUT2D eigenvalue weighted by Crippen LogP contribution is -2.30. The molecule has 3 N–H and O–H groups in total. The Kier molecular flexibility index (Phi) is 4.17. The quantitative estimate of drug-likeness (QED) is 0.708. The van der Waals surface area contributed by atoms with E-state index < -0.39 is 0 Å². The lowest BCUT2D eigenvalue weighted by Gasteiger charge is -2.06. The molecule has 2 rings (SSSR count). The van der Waals surface area contributed by atoms with Gasteiger partial charge in [-0.05, 0) is 13.3 Å². The fraction of sp³-hybridized carbons (Fsp3) is 0.417. The van der Waals surface area contributed by atoms with Crippen LogP contribution in [0, 0.1) is 6.92 Å².